The molecule has 0 bridgehead atoms. The topological polar surface area (TPSA) is 50.3 Å². The number of alkyl halides is 3. The summed E-state index contributed by atoms with van der Waals surface area (Å²) in [4.78, 5) is 10.5. The van der Waals surface area contributed by atoms with Crippen molar-refractivity contribution in [3.63, 3.8) is 0 Å². The van der Waals surface area contributed by atoms with Crippen LogP contribution in [-0.2, 0) is 12.7 Å². The highest BCUT2D eigenvalue weighted by atomic mass is 19.4. The van der Waals surface area contributed by atoms with Crippen LogP contribution in [0.25, 0.3) is 10.9 Å². The lowest BCUT2D eigenvalue weighted by Gasteiger charge is -2.32. The number of nitrogens with one attached hydrogen (secondary N) is 1. The molecule has 0 saturated carbocycles. The van der Waals surface area contributed by atoms with E-state index in [9.17, 15) is 13.2 Å². The molecule has 31 heavy (non-hydrogen) atoms. The lowest BCUT2D eigenvalue weighted by atomic mass is 9.96. The monoisotopic (exact) mass is 430 g/mol. The van der Waals surface area contributed by atoms with Crippen LogP contribution in [0.3, 0.4) is 0 Å². The number of halogens is 3. The van der Waals surface area contributed by atoms with Crippen LogP contribution in [0.15, 0.2) is 48.7 Å². The van der Waals surface area contributed by atoms with Gasteiger partial charge in [-0.2, -0.15) is 13.2 Å². The van der Waals surface area contributed by atoms with Gasteiger partial charge in [-0.25, -0.2) is 9.97 Å². The molecule has 1 fully saturated rings. The summed E-state index contributed by atoms with van der Waals surface area (Å²) in [5, 5.41) is 3.93. The van der Waals surface area contributed by atoms with E-state index in [0.717, 1.165) is 50.8 Å². The molecule has 1 aromatic carbocycles. The number of aromatic nitrogens is 2. The van der Waals surface area contributed by atoms with Crippen LogP contribution in [0, 0.1) is 5.92 Å². The molecule has 8 heteroatoms. The standard InChI is InChI=1S/C23H25F3N4O/c1-31-18-4-2-3-17(13-18)15-30-11-8-16(9-12-30)14-28-22-19-5-6-21(23(24,25)26)29-20(19)7-10-27-22/h2-7,10,13,16H,8-9,11-12,14-15H2,1H3,(H,27,28). The second-order valence-corrected chi connectivity index (χ2v) is 7.87. The number of anilines is 1. The maximum Gasteiger partial charge on any atom is 0.433 e. The number of rotatable bonds is 6. The largest absolute Gasteiger partial charge is 0.497 e. The van der Waals surface area contributed by atoms with E-state index in [0.29, 0.717) is 22.6 Å². The van der Waals surface area contributed by atoms with Crippen molar-refractivity contribution in [1.82, 2.24) is 14.9 Å². The summed E-state index contributed by atoms with van der Waals surface area (Å²) in [6.45, 7) is 3.64. The molecule has 0 atom stereocenters. The van der Waals surface area contributed by atoms with Crippen molar-refractivity contribution in [3.8, 4) is 5.75 Å². The van der Waals surface area contributed by atoms with Gasteiger partial charge in [0.05, 0.1) is 12.6 Å². The number of benzene rings is 1. The molecule has 0 amide bonds. The molecular weight excluding hydrogens is 405 g/mol. The molecule has 3 heterocycles. The van der Waals surface area contributed by atoms with Crippen molar-refractivity contribution in [2.75, 3.05) is 32.1 Å². The summed E-state index contributed by atoms with van der Waals surface area (Å²) in [6.07, 6.45) is -0.852. The molecule has 1 aliphatic rings. The number of pyridine rings is 2. The molecule has 5 nitrogen and oxygen atoms in total. The second-order valence-electron chi connectivity index (χ2n) is 7.87. The van der Waals surface area contributed by atoms with Crippen LogP contribution in [0.1, 0.15) is 24.1 Å². The van der Waals surface area contributed by atoms with Crippen LogP contribution in [0.2, 0.25) is 0 Å². The third-order valence-corrected chi connectivity index (χ3v) is 5.71. The summed E-state index contributed by atoms with van der Waals surface area (Å²) < 4.78 is 44.0. The summed E-state index contributed by atoms with van der Waals surface area (Å²) >= 11 is 0. The number of nitrogens with zero attached hydrogens (tertiary/aromatic N) is 3. The predicted octanol–water partition coefficient (Wildman–Crippen LogP) is 4.98. The molecule has 4 rings (SSSR count). The SMILES string of the molecule is COc1cccc(CN2CCC(CNc3nccc4nc(C(F)(F)F)ccc34)CC2)c1. The first kappa shape index (κ1) is 21.4. The Labute approximate surface area is 179 Å². The van der Waals surface area contributed by atoms with Gasteiger partial charge in [-0.1, -0.05) is 12.1 Å². The Balaban J connectivity index is 1.33. The summed E-state index contributed by atoms with van der Waals surface area (Å²) in [5.74, 6) is 1.94. The van der Waals surface area contributed by atoms with Crippen LogP contribution in [-0.4, -0.2) is 41.6 Å². The lowest BCUT2D eigenvalue weighted by Crippen LogP contribution is -2.35. The van der Waals surface area contributed by atoms with Crippen molar-refractivity contribution < 1.29 is 17.9 Å². The van der Waals surface area contributed by atoms with Gasteiger partial charge in [0.2, 0.25) is 0 Å². The smallest absolute Gasteiger partial charge is 0.433 e. The van der Waals surface area contributed by atoms with Gasteiger partial charge in [-0.05, 0) is 67.7 Å². The Bertz CT molecular complexity index is 1030. The maximum absolute atomic E-state index is 12.9. The molecule has 1 N–H and O–H groups in total. The average molecular weight is 430 g/mol. The van der Waals surface area contributed by atoms with E-state index in [1.165, 1.54) is 23.9 Å². The molecule has 164 valence electrons. The van der Waals surface area contributed by atoms with Gasteiger partial charge in [0.25, 0.3) is 0 Å². The zero-order valence-corrected chi connectivity index (χ0v) is 17.3. The summed E-state index contributed by atoms with van der Waals surface area (Å²) in [6, 6.07) is 12.1. The fourth-order valence-electron chi connectivity index (χ4n) is 3.97. The molecule has 0 radical (unpaired) electrons. The van der Waals surface area contributed by atoms with Crippen molar-refractivity contribution in [2.24, 2.45) is 5.92 Å². The minimum atomic E-state index is -4.45. The van der Waals surface area contributed by atoms with Gasteiger partial charge >= 0.3 is 6.18 Å². The van der Waals surface area contributed by atoms with Crippen molar-refractivity contribution in [1.29, 1.82) is 0 Å². The Morgan fingerprint density at radius 1 is 1.13 bits per heavy atom. The molecule has 0 unspecified atom stereocenters. The molecule has 0 spiro atoms. The van der Waals surface area contributed by atoms with E-state index in [1.54, 1.807) is 7.11 Å². The van der Waals surface area contributed by atoms with Crippen LogP contribution in [0.5, 0.6) is 5.75 Å². The number of fused-ring (bicyclic) bond motifs is 1. The zero-order chi connectivity index (χ0) is 21.8. The molecule has 0 aliphatic carbocycles. The first-order chi connectivity index (χ1) is 14.9. The van der Waals surface area contributed by atoms with Gasteiger partial charge in [0.15, 0.2) is 0 Å². The Hall–Kier alpha value is -2.87. The molecule has 3 aromatic rings. The minimum absolute atomic E-state index is 0.292. The highest BCUT2D eigenvalue weighted by Gasteiger charge is 2.32. The van der Waals surface area contributed by atoms with E-state index in [1.807, 2.05) is 12.1 Å². The van der Waals surface area contributed by atoms with Crippen molar-refractivity contribution in [3.05, 3.63) is 59.9 Å². The summed E-state index contributed by atoms with van der Waals surface area (Å²) in [7, 11) is 1.67. The number of ether oxygens (including phenoxy) is 1. The fourth-order valence-corrected chi connectivity index (χ4v) is 3.97. The lowest BCUT2D eigenvalue weighted by molar-refractivity contribution is -0.140. The quantitative estimate of drug-likeness (QED) is 0.598. The Kier molecular flexibility index (Phi) is 6.27. The van der Waals surface area contributed by atoms with E-state index in [2.05, 4.69) is 32.3 Å². The van der Waals surface area contributed by atoms with E-state index in [4.69, 9.17) is 4.74 Å². The number of methoxy groups -OCH3 is 1. The van der Waals surface area contributed by atoms with E-state index in [-0.39, 0.29) is 0 Å². The Morgan fingerprint density at radius 3 is 2.68 bits per heavy atom. The first-order valence-corrected chi connectivity index (χ1v) is 10.3. The number of likely N-dealkylation sites (tertiary alicyclic amines) is 1. The second kappa shape index (κ2) is 9.09. The molecule has 1 saturated heterocycles. The third kappa shape index (κ3) is 5.25. The van der Waals surface area contributed by atoms with Gasteiger partial charge < -0.3 is 10.1 Å². The highest BCUT2D eigenvalue weighted by Crippen LogP contribution is 2.30. The van der Waals surface area contributed by atoms with Gasteiger partial charge in [0, 0.05) is 24.7 Å². The molecule has 1 aliphatic heterocycles. The average Bonchev–Trinajstić information content (AvgIpc) is 2.77. The third-order valence-electron chi connectivity index (χ3n) is 5.71. The first-order valence-electron chi connectivity index (χ1n) is 10.3. The normalized spacial score (nSPS) is 15.9. The zero-order valence-electron chi connectivity index (χ0n) is 17.3. The van der Waals surface area contributed by atoms with Gasteiger partial charge in [-0.15, -0.1) is 0 Å². The highest BCUT2D eigenvalue weighted by molar-refractivity contribution is 5.89. The van der Waals surface area contributed by atoms with Gasteiger partial charge in [0.1, 0.15) is 17.3 Å². The Morgan fingerprint density at radius 2 is 1.94 bits per heavy atom. The van der Waals surface area contributed by atoms with Crippen molar-refractivity contribution >= 4 is 16.7 Å². The minimum Gasteiger partial charge on any atom is -0.497 e. The number of hydrogen-bond acceptors (Lipinski definition) is 5. The van der Waals surface area contributed by atoms with Crippen LogP contribution >= 0.6 is 0 Å². The van der Waals surface area contributed by atoms with E-state index < -0.39 is 11.9 Å². The fraction of sp³-hybridized carbons (Fsp3) is 0.391. The molecular formula is C23H25F3N4O. The number of hydrogen-bond donors (Lipinski definition) is 1. The van der Waals surface area contributed by atoms with Crippen LogP contribution < -0.4 is 10.1 Å². The van der Waals surface area contributed by atoms with Crippen molar-refractivity contribution in [2.45, 2.75) is 25.6 Å². The summed E-state index contributed by atoms with van der Waals surface area (Å²) in [5.41, 5.74) is 0.641. The van der Waals surface area contributed by atoms with Gasteiger partial charge in [-0.3, -0.25) is 4.90 Å². The predicted molar refractivity (Wildman–Crippen MR) is 114 cm³/mol. The maximum atomic E-state index is 12.9. The number of piperidine rings is 1. The molecule has 2 aromatic heterocycles. The van der Waals surface area contributed by atoms with E-state index >= 15 is 0 Å². The van der Waals surface area contributed by atoms with Crippen LogP contribution in [0.4, 0.5) is 19.0 Å².